The van der Waals surface area contributed by atoms with Crippen molar-refractivity contribution in [3.05, 3.63) is 0 Å². The van der Waals surface area contributed by atoms with Crippen LogP contribution >= 0.6 is 0 Å². The van der Waals surface area contributed by atoms with Crippen molar-refractivity contribution in [2.24, 2.45) is 5.41 Å². The Labute approximate surface area is 134 Å². The number of hydrogen-bond donors (Lipinski definition) is 2. The molecule has 128 valence electrons. The maximum absolute atomic E-state index is 11.4. The van der Waals surface area contributed by atoms with Gasteiger partial charge in [0.25, 0.3) is 0 Å². The van der Waals surface area contributed by atoms with Gasteiger partial charge in [0.2, 0.25) is 0 Å². The Morgan fingerprint density at radius 1 is 0.727 bits per heavy atom. The summed E-state index contributed by atoms with van der Waals surface area (Å²) in [7, 11) is 0. The van der Waals surface area contributed by atoms with Crippen molar-refractivity contribution in [3.63, 3.8) is 0 Å². The minimum Gasteiger partial charge on any atom is -0.481 e. The zero-order valence-corrected chi connectivity index (χ0v) is 13.8. The van der Waals surface area contributed by atoms with Crippen LogP contribution in [0, 0.1) is 5.41 Å². The van der Waals surface area contributed by atoms with Gasteiger partial charge in [-0.3, -0.25) is 9.59 Å². The Bertz CT molecular complexity index is 314. The topological polar surface area (TPSA) is 74.6 Å². The van der Waals surface area contributed by atoms with E-state index in [0.29, 0.717) is 25.7 Å². The van der Waals surface area contributed by atoms with Gasteiger partial charge in [-0.2, -0.15) is 0 Å². The van der Waals surface area contributed by atoms with Gasteiger partial charge in [0.1, 0.15) is 0 Å². The van der Waals surface area contributed by atoms with E-state index in [1.54, 1.807) is 0 Å². The lowest BCUT2D eigenvalue weighted by molar-refractivity contribution is -0.151. The predicted molar refractivity (Wildman–Crippen MR) is 87.0 cm³/mol. The number of carboxylic acids is 2. The van der Waals surface area contributed by atoms with Gasteiger partial charge in [-0.25, -0.2) is 0 Å². The summed E-state index contributed by atoms with van der Waals surface area (Å²) in [4.78, 5) is 21.8. The van der Waals surface area contributed by atoms with Crippen LogP contribution in [0.5, 0.6) is 0 Å². The molecule has 2 fully saturated rings. The second kappa shape index (κ2) is 10.6. The van der Waals surface area contributed by atoms with Gasteiger partial charge in [-0.15, -0.1) is 0 Å². The second-order valence-electron chi connectivity index (χ2n) is 6.87. The lowest BCUT2D eigenvalue weighted by Gasteiger charge is -2.27. The zero-order chi connectivity index (χ0) is 16.3. The number of aliphatic carboxylic acids is 2. The predicted octanol–water partition coefficient (Wildman–Crippen LogP) is 5.01. The molecule has 0 radical (unpaired) electrons. The van der Waals surface area contributed by atoms with Gasteiger partial charge in [-0.1, -0.05) is 64.2 Å². The molecular weight excluding hydrogens is 280 g/mol. The van der Waals surface area contributed by atoms with E-state index in [0.717, 1.165) is 25.7 Å². The van der Waals surface area contributed by atoms with Crippen molar-refractivity contribution in [2.75, 3.05) is 0 Å². The minimum atomic E-state index is -0.839. The third-order valence-corrected chi connectivity index (χ3v) is 5.06. The van der Waals surface area contributed by atoms with Crippen LogP contribution in [0.15, 0.2) is 0 Å². The molecule has 0 saturated heterocycles. The van der Waals surface area contributed by atoms with Crippen molar-refractivity contribution < 1.29 is 19.8 Å². The summed E-state index contributed by atoms with van der Waals surface area (Å²) in [5.74, 6) is -1.58. The van der Waals surface area contributed by atoms with Gasteiger partial charge >= 0.3 is 11.9 Å². The van der Waals surface area contributed by atoms with Crippen molar-refractivity contribution >= 4 is 11.9 Å². The van der Waals surface area contributed by atoms with Crippen LogP contribution in [0.25, 0.3) is 0 Å². The lowest BCUT2D eigenvalue weighted by Crippen LogP contribution is -2.30. The van der Waals surface area contributed by atoms with Crippen LogP contribution in [0.3, 0.4) is 0 Å². The van der Waals surface area contributed by atoms with Gasteiger partial charge in [0, 0.05) is 6.42 Å². The monoisotopic (exact) mass is 312 g/mol. The average Bonchev–Trinajstić information content (AvgIpc) is 2.76. The summed E-state index contributed by atoms with van der Waals surface area (Å²) in [5, 5.41) is 17.9. The van der Waals surface area contributed by atoms with E-state index in [-0.39, 0.29) is 6.42 Å². The molecule has 0 heterocycles. The Hall–Kier alpha value is -1.06. The van der Waals surface area contributed by atoms with Crippen LogP contribution in [0.2, 0.25) is 0 Å². The Morgan fingerprint density at radius 3 is 1.50 bits per heavy atom. The molecule has 0 aromatic rings. The van der Waals surface area contributed by atoms with Gasteiger partial charge in [0.15, 0.2) is 0 Å². The van der Waals surface area contributed by atoms with Crippen LogP contribution in [0.4, 0.5) is 0 Å². The van der Waals surface area contributed by atoms with Gasteiger partial charge in [0.05, 0.1) is 5.41 Å². The molecule has 0 aromatic heterocycles. The summed E-state index contributed by atoms with van der Waals surface area (Å²) in [5.41, 5.74) is -0.647. The summed E-state index contributed by atoms with van der Waals surface area (Å²) in [6.45, 7) is 0. The first-order valence-electron chi connectivity index (χ1n) is 9.02. The first kappa shape index (κ1) is 19.0. The number of hydrogen-bond acceptors (Lipinski definition) is 2. The average molecular weight is 312 g/mol. The van der Waals surface area contributed by atoms with E-state index >= 15 is 0 Å². The van der Waals surface area contributed by atoms with Crippen LogP contribution in [-0.2, 0) is 9.59 Å². The molecule has 4 nitrogen and oxygen atoms in total. The van der Waals surface area contributed by atoms with Gasteiger partial charge in [-0.05, 0) is 25.7 Å². The summed E-state index contributed by atoms with van der Waals surface area (Å²) in [6.07, 6.45) is 15.6. The number of carbonyl (C=O) groups is 2. The largest absolute Gasteiger partial charge is 0.481 e. The SMILES string of the molecule is C1CCCCC1.O=C(O)CCCC1(C(=O)O)CCCCCC1. The normalized spacial score (nSPS) is 21.1. The molecule has 0 aromatic carbocycles. The first-order chi connectivity index (χ1) is 10.6. The highest BCUT2D eigenvalue weighted by molar-refractivity contribution is 5.74. The number of carboxylic acid groups (broad SMARTS) is 2. The van der Waals surface area contributed by atoms with Crippen molar-refractivity contribution in [3.8, 4) is 0 Å². The molecule has 0 amide bonds. The summed E-state index contributed by atoms with van der Waals surface area (Å²) < 4.78 is 0. The molecule has 2 aliphatic rings. The highest BCUT2D eigenvalue weighted by Crippen LogP contribution is 2.39. The summed E-state index contributed by atoms with van der Waals surface area (Å²) >= 11 is 0. The van der Waals surface area contributed by atoms with E-state index < -0.39 is 17.4 Å². The lowest BCUT2D eigenvalue weighted by atomic mass is 9.76. The molecule has 0 bridgehead atoms. The minimum absolute atomic E-state index is 0.0784. The van der Waals surface area contributed by atoms with E-state index in [9.17, 15) is 14.7 Å². The standard InChI is InChI=1S/C12H20O4.C6H12/c13-10(14)6-5-9-12(11(15)16)7-3-1-2-4-8-12;1-2-4-6-5-3-1/h1-9H2,(H,13,14)(H,15,16);1-6H2. The highest BCUT2D eigenvalue weighted by atomic mass is 16.4. The molecular formula is C18H32O4. The van der Waals surface area contributed by atoms with E-state index in [1.807, 2.05) is 0 Å². The molecule has 22 heavy (non-hydrogen) atoms. The molecule has 0 unspecified atom stereocenters. The van der Waals surface area contributed by atoms with Crippen LogP contribution in [-0.4, -0.2) is 22.2 Å². The fourth-order valence-electron chi connectivity index (χ4n) is 3.61. The smallest absolute Gasteiger partial charge is 0.309 e. The molecule has 2 saturated carbocycles. The third kappa shape index (κ3) is 7.28. The van der Waals surface area contributed by atoms with E-state index in [1.165, 1.54) is 38.5 Å². The molecule has 2 aliphatic carbocycles. The quantitative estimate of drug-likeness (QED) is 0.700. The molecule has 0 aliphatic heterocycles. The molecule has 4 heteroatoms. The van der Waals surface area contributed by atoms with Crippen LogP contribution in [0.1, 0.15) is 96.3 Å². The Balaban J connectivity index is 0.000000335. The molecule has 0 atom stereocenters. The van der Waals surface area contributed by atoms with Gasteiger partial charge < -0.3 is 10.2 Å². The first-order valence-corrected chi connectivity index (χ1v) is 9.02. The van der Waals surface area contributed by atoms with Crippen molar-refractivity contribution in [2.45, 2.75) is 96.3 Å². The Morgan fingerprint density at radius 2 is 1.14 bits per heavy atom. The molecule has 2 N–H and O–H groups in total. The van der Waals surface area contributed by atoms with Crippen LogP contribution < -0.4 is 0 Å². The Kier molecular flexibility index (Phi) is 9.17. The summed E-state index contributed by atoms with van der Waals surface area (Å²) in [6, 6.07) is 0. The maximum atomic E-state index is 11.4. The third-order valence-electron chi connectivity index (χ3n) is 5.06. The van der Waals surface area contributed by atoms with Crippen molar-refractivity contribution in [1.82, 2.24) is 0 Å². The molecule has 2 rings (SSSR count). The number of rotatable bonds is 5. The zero-order valence-electron chi connectivity index (χ0n) is 13.8. The second-order valence-corrected chi connectivity index (χ2v) is 6.87. The van der Waals surface area contributed by atoms with E-state index in [4.69, 9.17) is 5.11 Å². The van der Waals surface area contributed by atoms with E-state index in [2.05, 4.69) is 0 Å². The highest BCUT2D eigenvalue weighted by Gasteiger charge is 2.37. The maximum Gasteiger partial charge on any atom is 0.309 e. The fourth-order valence-corrected chi connectivity index (χ4v) is 3.61. The molecule has 0 spiro atoms. The fraction of sp³-hybridized carbons (Fsp3) is 0.889. The van der Waals surface area contributed by atoms with Crippen molar-refractivity contribution in [1.29, 1.82) is 0 Å².